The number of fused-ring (bicyclic) bond motifs is 1. The summed E-state index contributed by atoms with van der Waals surface area (Å²) < 4.78 is 12.0. The lowest BCUT2D eigenvalue weighted by Gasteiger charge is -2.35. The molecule has 0 spiro atoms. The molecule has 2 fully saturated rings. The molecule has 32 heavy (non-hydrogen) atoms. The van der Waals surface area contributed by atoms with Gasteiger partial charge in [-0.2, -0.15) is 0 Å². The first-order valence-electron chi connectivity index (χ1n) is 12.1. The number of aryl methyl sites for hydroxylation is 1. The van der Waals surface area contributed by atoms with Crippen molar-refractivity contribution in [2.75, 3.05) is 39.4 Å². The fourth-order valence-electron chi connectivity index (χ4n) is 4.77. The number of hydrogen-bond acceptors (Lipinski definition) is 3. The summed E-state index contributed by atoms with van der Waals surface area (Å²) in [4.78, 5) is 10.7. The van der Waals surface area contributed by atoms with Gasteiger partial charge in [0.25, 0.3) is 0 Å². The summed E-state index contributed by atoms with van der Waals surface area (Å²) in [6, 6.07) is 6.43. The number of H-pyrrole nitrogens is 1. The van der Waals surface area contributed by atoms with Crippen LogP contribution in [-0.2, 0) is 15.9 Å². The van der Waals surface area contributed by atoms with Gasteiger partial charge in [0.05, 0.1) is 18.8 Å². The van der Waals surface area contributed by atoms with Gasteiger partial charge in [-0.05, 0) is 69.6 Å². The largest absolute Gasteiger partial charge is 0.376 e. The Balaban J connectivity index is 0.00000289. The molecule has 1 unspecified atom stereocenters. The third-order valence-electron chi connectivity index (χ3n) is 6.51. The summed E-state index contributed by atoms with van der Waals surface area (Å²) in [5, 5.41) is 4.84. The highest BCUT2D eigenvalue weighted by atomic mass is 127. The van der Waals surface area contributed by atoms with Gasteiger partial charge in [-0.1, -0.05) is 12.1 Å². The Morgan fingerprint density at radius 1 is 1.25 bits per heavy atom. The van der Waals surface area contributed by atoms with Crippen molar-refractivity contribution in [1.29, 1.82) is 0 Å². The van der Waals surface area contributed by atoms with Crippen LogP contribution in [0.25, 0.3) is 10.9 Å². The second kappa shape index (κ2) is 12.8. The first-order chi connectivity index (χ1) is 15.2. The van der Waals surface area contributed by atoms with E-state index in [1.807, 2.05) is 0 Å². The van der Waals surface area contributed by atoms with Crippen molar-refractivity contribution < 1.29 is 9.47 Å². The number of aromatic amines is 1. The summed E-state index contributed by atoms with van der Waals surface area (Å²) in [7, 11) is 0. The van der Waals surface area contributed by atoms with Crippen molar-refractivity contribution in [1.82, 2.24) is 15.2 Å². The smallest absolute Gasteiger partial charge is 0.193 e. The molecular formula is C25H39IN4O2. The minimum Gasteiger partial charge on any atom is -0.376 e. The Labute approximate surface area is 209 Å². The van der Waals surface area contributed by atoms with Gasteiger partial charge in [-0.15, -0.1) is 24.0 Å². The van der Waals surface area contributed by atoms with E-state index >= 15 is 0 Å². The number of benzene rings is 1. The Hall–Kier alpha value is -1.32. The average molecular weight is 555 g/mol. The van der Waals surface area contributed by atoms with Gasteiger partial charge in [0.2, 0.25) is 0 Å². The minimum atomic E-state index is 0. The summed E-state index contributed by atoms with van der Waals surface area (Å²) >= 11 is 0. The molecule has 2 saturated heterocycles. The molecule has 0 radical (unpaired) electrons. The number of rotatable bonds is 7. The number of hydrogen-bond donors (Lipinski definition) is 2. The van der Waals surface area contributed by atoms with Crippen LogP contribution >= 0.6 is 24.0 Å². The zero-order valence-electron chi connectivity index (χ0n) is 19.6. The predicted molar refractivity (Wildman–Crippen MR) is 142 cm³/mol. The molecule has 0 aliphatic carbocycles. The maximum atomic E-state index is 6.18. The molecule has 3 heterocycles. The number of aliphatic imine (C=N–C) groups is 1. The van der Waals surface area contributed by atoms with E-state index in [1.54, 1.807) is 0 Å². The Kier molecular flexibility index (Phi) is 10.1. The van der Waals surface area contributed by atoms with Crippen LogP contribution < -0.4 is 5.32 Å². The van der Waals surface area contributed by atoms with Gasteiger partial charge in [0.15, 0.2) is 5.96 Å². The molecule has 0 bridgehead atoms. The Morgan fingerprint density at radius 2 is 2.09 bits per heavy atom. The number of halogens is 1. The average Bonchev–Trinajstić information content (AvgIpc) is 3.23. The van der Waals surface area contributed by atoms with Crippen LogP contribution in [0.3, 0.4) is 0 Å². The van der Waals surface area contributed by atoms with E-state index in [0.717, 1.165) is 71.0 Å². The van der Waals surface area contributed by atoms with Crippen molar-refractivity contribution in [2.24, 2.45) is 4.99 Å². The summed E-state index contributed by atoms with van der Waals surface area (Å²) in [5.41, 5.74) is 3.89. The second-order valence-electron chi connectivity index (χ2n) is 8.81. The van der Waals surface area contributed by atoms with E-state index in [9.17, 15) is 0 Å². The number of piperidine rings is 1. The molecule has 1 atom stereocenters. The number of likely N-dealkylation sites (tertiary alicyclic amines) is 1. The fraction of sp³-hybridized carbons (Fsp3) is 0.640. The number of aromatic nitrogens is 1. The number of nitrogens with one attached hydrogen (secondary N) is 2. The standard InChI is InChI=1S/C25H38N4O2.HI/c1-3-26-25(27-13-10-20-17-28-23-9-6-7-19(2)24(20)23)29-14-11-21(12-15-29)31-18-22-8-4-5-16-30-22;/h6-7,9,17,21-22,28H,3-5,8,10-16,18H2,1-2H3,(H,26,27);1H. The number of ether oxygens (including phenoxy) is 2. The van der Waals surface area contributed by atoms with Crippen molar-refractivity contribution in [2.45, 2.75) is 64.6 Å². The molecule has 0 saturated carbocycles. The van der Waals surface area contributed by atoms with Crippen LogP contribution in [0.5, 0.6) is 0 Å². The van der Waals surface area contributed by atoms with E-state index < -0.39 is 0 Å². The molecule has 2 aromatic rings. The van der Waals surface area contributed by atoms with Gasteiger partial charge in [-0.25, -0.2) is 0 Å². The molecule has 1 aromatic carbocycles. The monoisotopic (exact) mass is 554 g/mol. The minimum absolute atomic E-state index is 0. The van der Waals surface area contributed by atoms with E-state index in [-0.39, 0.29) is 24.0 Å². The summed E-state index contributed by atoms with van der Waals surface area (Å²) in [6.45, 7) is 9.64. The third-order valence-corrected chi connectivity index (χ3v) is 6.51. The topological polar surface area (TPSA) is 61.9 Å². The van der Waals surface area contributed by atoms with Crippen LogP contribution in [0, 0.1) is 6.92 Å². The lowest BCUT2D eigenvalue weighted by Crippen LogP contribution is -2.47. The van der Waals surface area contributed by atoms with Crippen molar-refractivity contribution in [3.05, 3.63) is 35.5 Å². The zero-order chi connectivity index (χ0) is 21.5. The Morgan fingerprint density at radius 3 is 2.84 bits per heavy atom. The molecular weight excluding hydrogens is 515 g/mol. The highest BCUT2D eigenvalue weighted by Crippen LogP contribution is 2.22. The predicted octanol–water partition coefficient (Wildman–Crippen LogP) is 4.65. The molecule has 7 heteroatoms. The normalized spacial score (nSPS) is 20.4. The molecule has 2 aliphatic heterocycles. The van der Waals surface area contributed by atoms with Crippen molar-refractivity contribution in [3.63, 3.8) is 0 Å². The molecule has 178 valence electrons. The van der Waals surface area contributed by atoms with E-state index in [1.165, 1.54) is 34.9 Å². The molecule has 6 nitrogen and oxygen atoms in total. The van der Waals surface area contributed by atoms with E-state index in [4.69, 9.17) is 14.5 Å². The third kappa shape index (κ3) is 6.60. The van der Waals surface area contributed by atoms with Gasteiger partial charge in [0, 0.05) is 49.9 Å². The van der Waals surface area contributed by atoms with Crippen LogP contribution in [0.15, 0.2) is 29.4 Å². The molecule has 2 N–H and O–H groups in total. The molecule has 0 amide bonds. The van der Waals surface area contributed by atoms with Crippen LogP contribution in [0.4, 0.5) is 0 Å². The van der Waals surface area contributed by atoms with E-state index in [2.05, 4.69) is 53.4 Å². The quantitative estimate of drug-likeness (QED) is 0.297. The van der Waals surface area contributed by atoms with Gasteiger partial charge in [0.1, 0.15) is 0 Å². The highest BCUT2D eigenvalue weighted by Gasteiger charge is 2.23. The maximum Gasteiger partial charge on any atom is 0.193 e. The molecule has 2 aliphatic rings. The van der Waals surface area contributed by atoms with Gasteiger partial charge < -0.3 is 24.7 Å². The van der Waals surface area contributed by atoms with Gasteiger partial charge >= 0.3 is 0 Å². The van der Waals surface area contributed by atoms with Crippen LogP contribution in [0.1, 0.15) is 50.2 Å². The van der Waals surface area contributed by atoms with Crippen LogP contribution in [-0.4, -0.2) is 67.4 Å². The number of guanidine groups is 1. The number of nitrogens with zero attached hydrogens (tertiary/aromatic N) is 2. The first-order valence-corrected chi connectivity index (χ1v) is 12.1. The van der Waals surface area contributed by atoms with E-state index in [0.29, 0.717) is 12.2 Å². The summed E-state index contributed by atoms with van der Waals surface area (Å²) in [5.74, 6) is 1.04. The molecule has 1 aromatic heterocycles. The second-order valence-corrected chi connectivity index (χ2v) is 8.81. The fourth-order valence-corrected chi connectivity index (χ4v) is 4.77. The maximum absolute atomic E-state index is 6.18. The highest BCUT2D eigenvalue weighted by molar-refractivity contribution is 14.0. The SMILES string of the molecule is CCNC(=NCCc1c[nH]c2cccc(C)c12)N1CCC(OCC2CCCCO2)CC1.I. The van der Waals surface area contributed by atoms with Crippen molar-refractivity contribution in [3.8, 4) is 0 Å². The lowest BCUT2D eigenvalue weighted by atomic mass is 10.1. The molecule has 4 rings (SSSR count). The van der Waals surface area contributed by atoms with Crippen molar-refractivity contribution >= 4 is 40.8 Å². The van der Waals surface area contributed by atoms with Crippen LogP contribution in [0.2, 0.25) is 0 Å². The lowest BCUT2D eigenvalue weighted by molar-refractivity contribution is -0.0721. The summed E-state index contributed by atoms with van der Waals surface area (Å²) in [6.07, 6.45) is 9.45. The first kappa shape index (κ1) is 25.3. The Bertz CT molecular complexity index is 855. The zero-order valence-corrected chi connectivity index (χ0v) is 21.9. The van der Waals surface area contributed by atoms with Gasteiger partial charge in [-0.3, -0.25) is 4.99 Å².